The number of benzene rings is 1. The van der Waals surface area contributed by atoms with Crippen LogP contribution in [0.15, 0.2) is 6.07 Å². The first-order valence-electron chi connectivity index (χ1n) is 6.44. The first kappa shape index (κ1) is 16.8. The topological polar surface area (TPSA) is 73.9 Å². The van der Waals surface area contributed by atoms with Crippen LogP contribution in [0.1, 0.15) is 36.7 Å². The van der Waals surface area contributed by atoms with Crippen molar-refractivity contribution in [1.29, 1.82) is 0 Å². The summed E-state index contributed by atoms with van der Waals surface area (Å²) >= 11 is 0. The Bertz CT molecular complexity index is 546. The lowest BCUT2D eigenvalue weighted by Crippen LogP contribution is -2.27. The molecule has 0 saturated carbocycles. The Kier molecular flexibility index (Phi) is 5.18. The minimum absolute atomic E-state index is 0.321. The molecule has 1 rings (SSSR count). The summed E-state index contributed by atoms with van der Waals surface area (Å²) in [6.45, 7) is 7.03. The number of nitrogens with one attached hydrogen (secondary N) is 1. The first-order chi connectivity index (χ1) is 9.73. The van der Waals surface area contributed by atoms with Gasteiger partial charge < -0.3 is 14.2 Å². The van der Waals surface area contributed by atoms with Crippen molar-refractivity contribution in [3.63, 3.8) is 0 Å². The van der Waals surface area contributed by atoms with E-state index in [1.165, 1.54) is 20.3 Å². The highest BCUT2D eigenvalue weighted by Gasteiger charge is 2.21. The summed E-state index contributed by atoms with van der Waals surface area (Å²) in [4.78, 5) is 23.0. The maximum absolute atomic E-state index is 11.9. The highest BCUT2D eigenvalue weighted by molar-refractivity contribution is 5.92. The van der Waals surface area contributed by atoms with E-state index in [9.17, 15) is 9.59 Å². The maximum atomic E-state index is 11.9. The summed E-state index contributed by atoms with van der Waals surface area (Å²) in [6, 6.07) is 1.49. The van der Waals surface area contributed by atoms with Crippen LogP contribution in [0.5, 0.6) is 11.5 Å². The number of carbonyl (C=O) groups is 2. The molecule has 0 spiro atoms. The zero-order valence-corrected chi connectivity index (χ0v) is 13.2. The van der Waals surface area contributed by atoms with E-state index in [2.05, 4.69) is 5.32 Å². The smallest absolute Gasteiger partial charge is 0.412 e. The SMILES string of the molecule is COc1c(C=O)cc(NC(=O)OC(C)(C)C)c(OC)c1C. The van der Waals surface area contributed by atoms with Crippen LogP contribution >= 0.6 is 0 Å². The highest BCUT2D eigenvalue weighted by atomic mass is 16.6. The van der Waals surface area contributed by atoms with Gasteiger partial charge in [-0.1, -0.05) is 0 Å². The maximum Gasteiger partial charge on any atom is 0.412 e. The molecule has 0 aliphatic carbocycles. The number of ether oxygens (including phenoxy) is 3. The third kappa shape index (κ3) is 4.11. The summed E-state index contributed by atoms with van der Waals surface area (Å²) < 4.78 is 15.7. The van der Waals surface area contributed by atoms with E-state index in [0.29, 0.717) is 34.6 Å². The fourth-order valence-corrected chi connectivity index (χ4v) is 1.94. The lowest BCUT2D eigenvalue weighted by atomic mass is 10.1. The monoisotopic (exact) mass is 295 g/mol. The molecule has 1 amide bonds. The Hall–Kier alpha value is -2.24. The quantitative estimate of drug-likeness (QED) is 0.864. The first-order valence-corrected chi connectivity index (χ1v) is 6.44. The molecule has 0 saturated heterocycles. The van der Waals surface area contributed by atoms with E-state index < -0.39 is 11.7 Å². The predicted octanol–water partition coefficient (Wildman–Crippen LogP) is 3.17. The van der Waals surface area contributed by atoms with Crippen molar-refractivity contribution in [3.05, 3.63) is 17.2 Å². The van der Waals surface area contributed by atoms with Crippen molar-refractivity contribution < 1.29 is 23.8 Å². The fourth-order valence-electron chi connectivity index (χ4n) is 1.94. The number of hydrogen-bond donors (Lipinski definition) is 1. The van der Waals surface area contributed by atoms with Crippen molar-refractivity contribution in [2.45, 2.75) is 33.3 Å². The summed E-state index contributed by atoms with van der Waals surface area (Å²) in [7, 11) is 2.94. The van der Waals surface area contributed by atoms with Crippen LogP contribution in [-0.2, 0) is 4.74 Å². The Balaban J connectivity index is 3.20. The summed E-state index contributed by atoms with van der Waals surface area (Å²) in [5.41, 5.74) is 0.677. The molecular weight excluding hydrogens is 274 g/mol. The molecule has 21 heavy (non-hydrogen) atoms. The number of amides is 1. The van der Waals surface area contributed by atoms with E-state index in [1.807, 2.05) is 0 Å². The van der Waals surface area contributed by atoms with Crippen LogP contribution in [0, 0.1) is 6.92 Å². The molecule has 1 N–H and O–H groups in total. The molecule has 0 bridgehead atoms. The number of aldehydes is 1. The zero-order valence-electron chi connectivity index (χ0n) is 13.2. The predicted molar refractivity (Wildman–Crippen MR) is 79.5 cm³/mol. The van der Waals surface area contributed by atoms with E-state index in [4.69, 9.17) is 14.2 Å². The Morgan fingerprint density at radius 2 is 1.76 bits per heavy atom. The minimum Gasteiger partial charge on any atom is -0.496 e. The van der Waals surface area contributed by atoms with Crippen molar-refractivity contribution >= 4 is 18.1 Å². The van der Waals surface area contributed by atoms with Crippen molar-refractivity contribution in [3.8, 4) is 11.5 Å². The van der Waals surface area contributed by atoms with Gasteiger partial charge in [0, 0.05) is 5.56 Å². The van der Waals surface area contributed by atoms with Crippen molar-refractivity contribution in [1.82, 2.24) is 0 Å². The molecule has 1 aromatic carbocycles. The fraction of sp³-hybridized carbons (Fsp3) is 0.467. The van der Waals surface area contributed by atoms with Gasteiger partial charge in [0.2, 0.25) is 0 Å². The van der Waals surface area contributed by atoms with Crippen molar-refractivity contribution in [2.24, 2.45) is 0 Å². The van der Waals surface area contributed by atoms with E-state index in [-0.39, 0.29) is 0 Å². The Morgan fingerprint density at radius 1 is 1.19 bits per heavy atom. The third-order valence-electron chi connectivity index (χ3n) is 2.66. The standard InChI is InChI=1S/C15H21NO5/c1-9-12(19-5)10(8-17)7-11(13(9)20-6)16-14(18)21-15(2,3)4/h7-8H,1-6H3,(H,16,18). The van der Waals surface area contributed by atoms with Gasteiger partial charge in [-0.2, -0.15) is 0 Å². The van der Waals surface area contributed by atoms with E-state index >= 15 is 0 Å². The molecule has 0 aliphatic heterocycles. The Labute approximate surface area is 124 Å². The molecule has 6 heteroatoms. The van der Waals surface area contributed by atoms with Gasteiger partial charge >= 0.3 is 6.09 Å². The van der Waals surface area contributed by atoms with Crippen LogP contribution < -0.4 is 14.8 Å². The van der Waals surface area contributed by atoms with Gasteiger partial charge in [-0.3, -0.25) is 10.1 Å². The third-order valence-corrected chi connectivity index (χ3v) is 2.66. The van der Waals surface area contributed by atoms with Crippen LogP contribution in [-0.4, -0.2) is 32.2 Å². The molecule has 0 aromatic heterocycles. The second-order valence-corrected chi connectivity index (χ2v) is 5.45. The van der Waals surface area contributed by atoms with Gasteiger partial charge in [0.15, 0.2) is 6.29 Å². The minimum atomic E-state index is -0.623. The number of rotatable bonds is 4. The summed E-state index contributed by atoms with van der Waals surface area (Å²) in [5.74, 6) is 0.833. The van der Waals surface area contributed by atoms with Crippen molar-refractivity contribution in [2.75, 3.05) is 19.5 Å². The van der Waals surface area contributed by atoms with Crippen LogP contribution in [0.4, 0.5) is 10.5 Å². The van der Waals surface area contributed by atoms with E-state index in [1.54, 1.807) is 27.7 Å². The Morgan fingerprint density at radius 3 is 2.19 bits per heavy atom. The van der Waals surface area contributed by atoms with Crippen LogP contribution in [0.3, 0.4) is 0 Å². The molecule has 1 aromatic rings. The molecule has 0 radical (unpaired) electrons. The highest BCUT2D eigenvalue weighted by Crippen LogP contribution is 2.37. The molecule has 0 heterocycles. The summed E-state index contributed by atoms with van der Waals surface area (Å²) in [5, 5.41) is 2.58. The number of anilines is 1. The lowest BCUT2D eigenvalue weighted by Gasteiger charge is -2.21. The second kappa shape index (κ2) is 6.47. The van der Waals surface area contributed by atoms with Crippen LogP contribution in [0.2, 0.25) is 0 Å². The largest absolute Gasteiger partial charge is 0.496 e. The number of hydrogen-bond acceptors (Lipinski definition) is 5. The van der Waals surface area contributed by atoms with Gasteiger partial charge in [0.05, 0.1) is 25.5 Å². The average molecular weight is 295 g/mol. The lowest BCUT2D eigenvalue weighted by molar-refractivity contribution is 0.0635. The molecule has 0 fully saturated rings. The molecular formula is C15H21NO5. The molecule has 0 aliphatic rings. The number of methoxy groups -OCH3 is 2. The van der Waals surface area contributed by atoms with Crippen LogP contribution in [0.25, 0.3) is 0 Å². The van der Waals surface area contributed by atoms with Gasteiger partial charge in [-0.05, 0) is 33.8 Å². The average Bonchev–Trinajstić information content (AvgIpc) is 2.36. The van der Waals surface area contributed by atoms with Gasteiger partial charge in [0.25, 0.3) is 0 Å². The zero-order chi connectivity index (χ0) is 16.2. The van der Waals surface area contributed by atoms with Gasteiger partial charge in [-0.25, -0.2) is 4.79 Å². The van der Waals surface area contributed by atoms with Gasteiger partial charge in [-0.15, -0.1) is 0 Å². The van der Waals surface area contributed by atoms with Gasteiger partial charge in [0.1, 0.15) is 17.1 Å². The molecule has 6 nitrogen and oxygen atoms in total. The molecule has 0 unspecified atom stereocenters. The van der Waals surface area contributed by atoms with E-state index in [0.717, 1.165) is 0 Å². The normalized spacial score (nSPS) is 10.8. The second-order valence-electron chi connectivity index (χ2n) is 5.45. The number of carbonyl (C=O) groups excluding carboxylic acids is 2. The molecule has 116 valence electrons. The molecule has 0 atom stereocenters. The summed E-state index contributed by atoms with van der Waals surface area (Å²) in [6.07, 6.45) is 0.0353.